The Hall–Kier alpha value is -2.97. The van der Waals surface area contributed by atoms with Crippen molar-refractivity contribution in [1.29, 1.82) is 0 Å². The van der Waals surface area contributed by atoms with Gasteiger partial charge in [-0.25, -0.2) is 4.39 Å². The van der Waals surface area contributed by atoms with Gasteiger partial charge in [0.2, 0.25) is 5.91 Å². The minimum atomic E-state index is -0.299. The molecule has 0 aromatic heterocycles. The minimum absolute atomic E-state index is 0.0758. The zero-order valence-electron chi connectivity index (χ0n) is 18.4. The van der Waals surface area contributed by atoms with Gasteiger partial charge in [0.15, 0.2) is 17.3 Å². The molecule has 0 spiro atoms. The van der Waals surface area contributed by atoms with E-state index >= 15 is 0 Å². The number of nitrogens with zero attached hydrogens (tertiary/aromatic N) is 1. The number of carbonyl (C=O) groups excluding carboxylic acids is 2. The lowest BCUT2D eigenvalue weighted by Gasteiger charge is -2.35. The van der Waals surface area contributed by atoms with Crippen LogP contribution in [0, 0.1) is 5.82 Å². The van der Waals surface area contributed by atoms with E-state index in [-0.39, 0.29) is 36.4 Å². The van der Waals surface area contributed by atoms with Gasteiger partial charge in [0.25, 0.3) is 0 Å². The average Bonchev–Trinajstić information content (AvgIpc) is 2.83. The van der Waals surface area contributed by atoms with E-state index in [1.807, 2.05) is 0 Å². The Morgan fingerprint density at radius 1 is 1.03 bits per heavy atom. The van der Waals surface area contributed by atoms with Crippen molar-refractivity contribution in [2.45, 2.75) is 18.9 Å². The highest BCUT2D eigenvalue weighted by molar-refractivity contribution is 5.98. The number of ketones is 1. The number of hydrogen-bond donors (Lipinski definition) is 1. The normalized spacial score (nSPS) is 15.1. The summed E-state index contributed by atoms with van der Waals surface area (Å²) in [6, 6.07) is 11.2. The predicted octanol–water partition coefficient (Wildman–Crippen LogP) is 3.00. The molecule has 1 aliphatic rings. The van der Waals surface area contributed by atoms with Crippen LogP contribution < -0.4 is 14.8 Å². The number of rotatable bonds is 10. The highest BCUT2D eigenvalue weighted by Crippen LogP contribution is 2.28. The second-order valence-electron chi connectivity index (χ2n) is 7.51. The first-order chi connectivity index (χ1) is 15.5. The number of benzene rings is 2. The van der Waals surface area contributed by atoms with Crippen molar-refractivity contribution in [2.75, 3.05) is 47.1 Å². The molecule has 1 heterocycles. The van der Waals surface area contributed by atoms with Crippen molar-refractivity contribution >= 4 is 11.7 Å². The van der Waals surface area contributed by atoms with Crippen molar-refractivity contribution in [2.24, 2.45) is 0 Å². The first kappa shape index (κ1) is 23.7. The molecule has 32 heavy (non-hydrogen) atoms. The van der Waals surface area contributed by atoms with Crippen LogP contribution in [-0.4, -0.2) is 63.7 Å². The van der Waals surface area contributed by atoms with Gasteiger partial charge in [0, 0.05) is 38.0 Å². The number of methoxy groups -OCH3 is 2. The number of amides is 1. The second kappa shape index (κ2) is 11.6. The van der Waals surface area contributed by atoms with Crippen LogP contribution in [0.25, 0.3) is 0 Å². The van der Waals surface area contributed by atoms with Gasteiger partial charge in [-0.15, -0.1) is 0 Å². The number of Topliss-reactive ketones (excluding diaryl/α,β-unsaturated/α-hetero) is 1. The van der Waals surface area contributed by atoms with Crippen molar-refractivity contribution in [3.8, 4) is 11.5 Å². The van der Waals surface area contributed by atoms with Gasteiger partial charge in [-0.05, 0) is 35.9 Å². The van der Waals surface area contributed by atoms with Crippen LogP contribution in [0.3, 0.4) is 0 Å². The average molecular weight is 445 g/mol. The summed E-state index contributed by atoms with van der Waals surface area (Å²) in [5, 5.41) is 2.93. The molecule has 7 nitrogen and oxygen atoms in total. The molecule has 3 rings (SSSR count). The zero-order chi connectivity index (χ0) is 22.9. The van der Waals surface area contributed by atoms with E-state index in [0.717, 1.165) is 18.7 Å². The maximum absolute atomic E-state index is 13.4. The highest BCUT2D eigenvalue weighted by atomic mass is 19.1. The van der Waals surface area contributed by atoms with E-state index < -0.39 is 0 Å². The van der Waals surface area contributed by atoms with E-state index in [9.17, 15) is 14.0 Å². The largest absolute Gasteiger partial charge is 0.493 e. The van der Waals surface area contributed by atoms with Crippen LogP contribution in [0.5, 0.6) is 11.5 Å². The lowest BCUT2D eigenvalue weighted by molar-refractivity contribution is -0.121. The van der Waals surface area contributed by atoms with Gasteiger partial charge in [-0.1, -0.05) is 12.1 Å². The third-order valence-corrected chi connectivity index (χ3v) is 5.52. The molecule has 1 atom stereocenters. The van der Waals surface area contributed by atoms with E-state index in [1.165, 1.54) is 26.4 Å². The van der Waals surface area contributed by atoms with Crippen LogP contribution in [-0.2, 0) is 9.53 Å². The third-order valence-electron chi connectivity index (χ3n) is 5.52. The topological polar surface area (TPSA) is 77.1 Å². The summed E-state index contributed by atoms with van der Waals surface area (Å²) in [7, 11) is 3.03. The fraction of sp³-hybridized carbons (Fsp3) is 0.417. The van der Waals surface area contributed by atoms with Crippen molar-refractivity contribution in [3.63, 3.8) is 0 Å². The molecule has 0 unspecified atom stereocenters. The molecule has 1 saturated heterocycles. The SMILES string of the molecule is COc1ccc(C(=O)CCC(=O)NC[C@@H](c2ccc(F)cc2)N2CCOCC2)cc1OC. The first-order valence-corrected chi connectivity index (χ1v) is 10.6. The number of carbonyl (C=O) groups is 2. The molecule has 2 aromatic carbocycles. The van der Waals surface area contributed by atoms with Crippen LogP contribution in [0.4, 0.5) is 4.39 Å². The summed E-state index contributed by atoms with van der Waals surface area (Å²) in [6.45, 7) is 3.07. The maximum Gasteiger partial charge on any atom is 0.220 e. The van der Waals surface area contributed by atoms with E-state index in [4.69, 9.17) is 14.2 Å². The summed E-state index contributed by atoms with van der Waals surface area (Å²) in [4.78, 5) is 27.2. The lowest BCUT2D eigenvalue weighted by atomic mass is 10.0. The van der Waals surface area contributed by atoms with Gasteiger partial charge in [-0.2, -0.15) is 0 Å². The summed E-state index contributed by atoms with van der Waals surface area (Å²) in [5.74, 6) is 0.350. The van der Waals surface area contributed by atoms with E-state index in [0.29, 0.717) is 36.8 Å². The summed E-state index contributed by atoms with van der Waals surface area (Å²) in [6.07, 6.45) is 0.159. The molecule has 2 aromatic rings. The van der Waals surface area contributed by atoms with Crippen molar-refractivity contribution in [3.05, 3.63) is 59.4 Å². The van der Waals surface area contributed by atoms with Gasteiger partial charge in [0.1, 0.15) is 5.82 Å². The minimum Gasteiger partial charge on any atom is -0.493 e. The van der Waals surface area contributed by atoms with Gasteiger partial charge < -0.3 is 19.5 Å². The molecule has 172 valence electrons. The smallest absolute Gasteiger partial charge is 0.220 e. The number of nitrogens with one attached hydrogen (secondary N) is 1. The highest BCUT2D eigenvalue weighted by Gasteiger charge is 2.23. The molecule has 1 N–H and O–H groups in total. The molecule has 0 bridgehead atoms. The monoisotopic (exact) mass is 444 g/mol. The maximum atomic E-state index is 13.4. The van der Waals surface area contributed by atoms with E-state index in [2.05, 4.69) is 10.2 Å². The Labute approximate surface area is 187 Å². The summed E-state index contributed by atoms with van der Waals surface area (Å²) < 4.78 is 29.2. The molecule has 8 heteroatoms. The van der Waals surface area contributed by atoms with Crippen molar-refractivity contribution in [1.82, 2.24) is 10.2 Å². The molecule has 1 aliphatic heterocycles. The Morgan fingerprint density at radius 2 is 1.72 bits per heavy atom. The quantitative estimate of drug-likeness (QED) is 0.568. The Kier molecular flexibility index (Phi) is 8.58. The van der Waals surface area contributed by atoms with Crippen LogP contribution in [0.1, 0.15) is 34.8 Å². The number of halogens is 1. The number of hydrogen-bond acceptors (Lipinski definition) is 6. The van der Waals surface area contributed by atoms with Crippen molar-refractivity contribution < 1.29 is 28.2 Å². The Balaban J connectivity index is 1.56. The van der Waals surface area contributed by atoms with Gasteiger partial charge in [-0.3, -0.25) is 14.5 Å². The zero-order valence-corrected chi connectivity index (χ0v) is 18.4. The van der Waals surface area contributed by atoms with Crippen LogP contribution >= 0.6 is 0 Å². The standard InChI is InChI=1S/C24H29FN2O5/c1-30-22-9-5-18(15-23(22)31-2)21(28)8-10-24(29)26-16-20(27-11-13-32-14-12-27)17-3-6-19(25)7-4-17/h3-7,9,15,20H,8,10-14,16H2,1-2H3,(H,26,29)/t20-/m0/s1. The van der Waals surface area contributed by atoms with Gasteiger partial charge in [0.05, 0.1) is 33.5 Å². The summed E-state index contributed by atoms with van der Waals surface area (Å²) in [5.41, 5.74) is 1.39. The molecule has 0 aliphatic carbocycles. The van der Waals surface area contributed by atoms with Crippen LogP contribution in [0.2, 0.25) is 0 Å². The molecule has 1 fully saturated rings. The van der Waals surface area contributed by atoms with Crippen LogP contribution in [0.15, 0.2) is 42.5 Å². The molecular weight excluding hydrogens is 415 g/mol. The Morgan fingerprint density at radius 3 is 2.38 bits per heavy atom. The Bertz CT molecular complexity index is 913. The fourth-order valence-electron chi connectivity index (χ4n) is 3.71. The lowest BCUT2D eigenvalue weighted by Crippen LogP contribution is -2.43. The van der Waals surface area contributed by atoms with E-state index in [1.54, 1.807) is 30.3 Å². The number of ether oxygens (including phenoxy) is 3. The molecule has 1 amide bonds. The van der Waals surface area contributed by atoms with Gasteiger partial charge >= 0.3 is 0 Å². The number of morpholine rings is 1. The first-order valence-electron chi connectivity index (χ1n) is 10.6. The third kappa shape index (κ3) is 6.27. The molecule has 0 radical (unpaired) electrons. The summed E-state index contributed by atoms with van der Waals surface area (Å²) >= 11 is 0. The predicted molar refractivity (Wildman–Crippen MR) is 118 cm³/mol. The molecule has 0 saturated carbocycles. The second-order valence-corrected chi connectivity index (χ2v) is 7.51. The molecular formula is C24H29FN2O5. The fourth-order valence-corrected chi connectivity index (χ4v) is 3.71.